The summed E-state index contributed by atoms with van der Waals surface area (Å²) in [6, 6.07) is 3.78. The third-order valence-corrected chi connectivity index (χ3v) is 3.78. The lowest BCUT2D eigenvalue weighted by atomic mass is 10.1. The van der Waals surface area contributed by atoms with Crippen molar-refractivity contribution in [2.45, 2.75) is 18.9 Å². The Bertz CT molecular complexity index is 530. The molecule has 1 aliphatic heterocycles. The number of piperidine rings is 1. The molecule has 7 heteroatoms. The summed E-state index contributed by atoms with van der Waals surface area (Å²) in [5, 5.41) is 11.8. The van der Waals surface area contributed by atoms with E-state index in [1.165, 1.54) is 23.1 Å². The number of nitrogens with one attached hydrogen (secondary N) is 1. The van der Waals surface area contributed by atoms with Crippen molar-refractivity contribution < 1.29 is 19.1 Å². The number of anilines is 1. The summed E-state index contributed by atoms with van der Waals surface area (Å²) in [5.74, 6) is -1.85. The van der Waals surface area contributed by atoms with Gasteiger partial charge in [-0.3, -0.25) is 9.59 Å². The van der Waals surface area contributed by atoms with E-state index < -0.39 is 23.7 Å². The van der Waals surface area contributed by atoms with Crippen molar-refractivity contribution in [2.75, 3.05) is 18.4 Å². The van der Waals surface area contributed by atoms with Crippen LogP contribution in [0.25, 0.3) is 0 Å². The highest BCUT2D eigenvalue weighted by Gasteiger charge is 2.26. The van der Waals surface area contributed by atoms with Crippen LogP contribution in [0.2, 0.25) is 0 Å². The first-order valence-corrected chi connectivity index (χ1v) is 7.00. The predicted octanol–water partition coefficient (Wildman–Crippen LogP) is 1.51. The van der Waals surface area contributed by atoms with Crippen LogP contribution in [0.1, 0.15) is 12.8 Å². The van der Waals surface area contributed by atoms with Gasteiger partial charge in [-0.2, -0.15) is 0 Å². The van der Waals surface area contributed by atoms with Gasteiger partial charge in [-0.1, -0.05) is 0 Å². The zero-order valence-corrected chi connectivity index (χ0v) is 12.2. The van der Waals surface area contributed by atoms with E-state index in [0.717, 1.165) is 0 Å². The van der Waals surface area contributed by atoms with Gasteiger partial charge in [0.25, 0.3) is 0 Å². The predicted molar refractivity (Wildman–Crippen MR) is 74.6 cm³/mol. The molecule has 0 aliphatic carbocycles. The molecule has 0 aromatic heterocycles. The summed E-state index contributed by atoms with van der Waals surface area (Å²) in [4.78, 5) is 25.2. The number of carbonyl (C=O) groups excluding carboxylic acids is 2. The lowest BCUT2D eigenvalue weighted by molar-refractivity contribution is -0.144. The first kappa shape index (κ1) is 14.9. The molecule has 0 atom stereocenters. The van der Waals surface area contributed by atoms with E-state index in [1.54, 1.807) is 0 Å². The van der Waals surface area contributed by atoms with Crippen LogP contribution in [-0.4, -0.2) is 41.0 Å². The molecule has 0 radical (unpaired) electrons. The molecule has 5 nitrogen and oxygen atoms in total. The molecule has 1 saturated heterocycles. The topological polar surface area (TPSA) is 69.6 Å². The van der Waals surface area contributed by atoms with Gasteiger partial charge in [0.1, 0.15) is 5.82 Å². The molecule has 1 fully saturated rings. The highest BCUT2D eigenvalue weighted by Crippen LogP contribution is 2.23. The molecule has 0 saturated carbocycles. The van der Waals surface area contributed by atoms with E-state index in [4.69, 9.17) is 0 Å². The molecule has 0 bridgehead atoms. The molecule has 2 rings (SSSR count). The molecule has 1 heterocycles. The fourth-order valence-corrected chi connectivity index (χ4v) is 2.43. The second-order valence-electron chi connectivity index (χ2n) is 4.60. The largest absolute Gasteiger partial charge is 0.393 e. The SMILES string of the molecule is O=C(Nc1ccc(F)cc1Br)C(=O)N1CCC(O)CC1. The zero-order valence-electron chi connectivity index (χ0n) is 10.6. The van der Waals surface area contributed by atoms with E-state index >= 15 is 0 Å². The van der Waals surface area contributed by atoms with Crippen molar-refractivity contribution in [3.05, 3.63) is 28.5 Å². The Labute approximate surface area is 123 Å². The van der Waals surface area contributed by atoms with Gasteiger partial charge in [0.2, 0.25) is 0 Å². The first-order valence-electron chi connectivity index (χ1n) is 6.21. The number of amides is 2. The fraction of sp³-hybridized carbons (Fsp3) is 0.385. The van der Waals surface area contributed by atoms with Crippen LogP contribution in [0, 0.1) is 5.82 Å². The Morgan fingerprint density at radius 2 is 2.00 bits per heavy atom. The van der Waals surface area contributed by atoms with Gasteiger partial charge in [0.15, 0.2) is 0 Å². The third-order valence-electron chi connectivity index (χ3n) is 3.13. The van der Waals surface area contributed by atoms with Crippen LogP contribution in [0.15, 0.2) is 22.7 Å². The molecule has 0 spiro atoms. The second kappa shape index (κ2) is 6.32. The highest BCUT2D eigenvalue weighted by atomic mass is 79.9. The highest BCUT2D eigenvalue weighted by molar-refractivity contribution is 9.10. The minimum Gasteiger partial charge on any atom is -0.393 e. The van der Waals surface area contributed by atoms with Gasteiger partial charge in [0, 0.05) is 17.6 Å². The Hall–Kier alpha value is -1.47. The van der Waals surface area contributed by atoms with Crippen LogP contribution < -0.4 is 5.32 Å². The maximum absolute atomic E-state index is 12.9. The number of likely N-dealkylation sites (tertiary alicyclic amines) is 1. The number of hydrogen-bond acceptors (Lipinski definition) is 3. The van der Waals surface area contributed by atoms with Gasteiger partial charge in [-0.05, 0) is 47.0 Å². The van der Waals surface area contributed by atoms with Crippen molar-refractivity contribution in [1.29, 1.82) is 0 Å². The van der Waals surface area contributed by atoms with Gasteiger partial charge in [-0.25, -0.2) is 4.39 Å². The monoisotopic (exact) mass is 344 g/mol. The summed E-state index contributed by atoms with van der Waals surface area (Å²) in [6.07, 6.45) is 0.534. The zero-order chi connectivity index (χ0) is 14.7. The lowest BCUT2D eigenvalue weighted by Gasteiger charge is -2.28. The molecular weight excluding hydrogens is 331 g/mol. The van der Waals surface area contributed by atoms with Crippen LogP contribution in [0.4, 0.5) is 10.1 Å². The summed E-state index contributed by atoms with van der Waals surface area (Å²) >= 11 is 3.12. The van der Waals surface area contributed by atoms with Crippen LogP contribution in [0.5, 0.6) is 0 Å². The molecule has 1 aromatic carbocycles. The van der Waals surface area contributed by atoms with E-state index in [0.29, 0.717) is 36.1 Å². The molecule has 0 unspecified atom stereocenters. The maximum Gasteiger partial charge on any atom is 0.313 e. The molecular formula is C13H14BrFN2O3. The van der Waals surface area contributed by atoms with Crippen molar-refractivity contribution in [1.82, 2.24) is 4.90 Å². The number of hydrogen-bond donors (Lipinski definition) is 2. The Morgan fingerprint density at radius 3 is 2.60 bits per heavy atom. The molecule has 1 aromatic rings. The van der Waals surface area contributed by atoms with Gasteiger partial charge in [0.05, 0.1) is 11.8 Å². The smallest absolute Gasteiger partial charge is 0.313 e. The van der Waals surface area contributed by atoms with Gasteiger partial charge >= 0.3 is 11.8 Å². The number of aliphatic hydroxyl groups is 1. The summed E-state index contributed by atoms with van der Waals surface area (Å²) in [5.41, 5.74) is 0.335. The number of nitrogens with zero attached hydrogens (tertiary/aromatic N) is 1. The molecule has 1 aliphatic rings. The molecule has 2 N–H and O–H groups in total. The second-order valence-corrected chi connectivity index (χ2v) is 5.46. The molecule has 20 heavy (non-hydrogen) atoms. The van der Waals surface area contributed by atoms with E-state index in [9.17, 15) is 19.1 Å². The molecule has 2 amide bonds. The minimum atomic E-state index is -0.770. The standard InChI is InChI=1S/C13H14BrFN2O3/c14-10-7-8(15)1-2-11(10)16-12(19)13(20)17-5-3-9(18)4-6-17/h1-2,7,9,18H,3-6H2,(H,16,19). The van der Waals surface area contributed by atoms with Crippen molar-refractivity contribution in [3.8, 4) is 0 Å². The summed E-state index contributed by atoms with van der Waals surface area (Å²) in [6.45, 7) is 0.718. The van der Waals surface area contributed by atoms with Crippen molar-refractivity contribution in [2.24, 2.45) is 0 Å². The average molecular weight is 345 g/mol. The number of rotatable bonds is 1. The van der Waals surface area contributed by atoms with E-state index in [2.05, 4.69) is 21.2 Å². The number of aliphatic hydroxyl groups excluding tert-OH is 1. The van der Waals surface area contributed by atoms with Crippen LogP contribution in [-0.2, 0) is 9.59 Å². The normalized spacial score (nSPS) is 16.1. The number of benzene rings is 1. The van der Waals surface area contributed by atoms with Crippen LogP contribution in [0.3, 0.4) is 0 Å². The minimum absolute atomic E-state index is 0.335. The van der Waals surface area contributed by atoms with Gasteiger partial charge in [-0.15, -0.1) is 0 Å². The number of carbonyl (C=O) groups is 2. The fourth-order valence-electron chi connectivity index (χ4n) is 1.98. The van der Waals surface area contributed by atoms with Crippen molar-refractivity contribution in [3.63, 3.8) is 0 Å². The quantitative estimate of drug-likeness (QED) is 0.758. The Balaban J connectivity index is 1.99. The lowest BCUT2D eigenvalue weighted by Crippen LogP contribution is -2.45. The van der Waals surface area contributed by atoms with E-state index in [1.807, 2.05) is 0 Å². The first-order chi connectivity index (χ1) is 9.47. The Kier molecular flexibility index (Phi) is 4.72. The molecule has 108 valence electrons. The summed E-state index contributed by atoms with van der Waals surface area (Å²) < 4.78 is 13.3. The van der Waals surface area contributed by atoms with Crippen molar-refractivity contribution >= 4 is 33.4 Å². The average Bonchev–Trinajstić information content (AvgIpc) is 2.42. The van der Waals surface area contributed by atoms with Gasteiger partial charge < -0.3 is 15.3 Å². The Morgan fingerprint density at radius 1 is 1.35 bits per heavy atom. The maximum atomic E-state index is 12.9. The van der Waals surface area contributed by atoms with E-state index in [-0.39, 0.29) is 0 Å². The number of halogens is 2. The third kappa shape index (κ3) is 3.55. The van der Waals surface area contributed by atoms with Crippen LogP contribution >= 0.6 is 15.9 Å². The summed E-state index contributed by atoms with van der Waals surface area (Å²) in [7, 11) is 0.